The number of rotatable bonds is 14. The Labute approximate surface area is 290 Å². The molecule has 2 aliphatic rings. The van der Waals surface area contributed by atoms with E-state index in [-0.39, 0.29) is 24.5 Å². The Bertz CT molecular complexity index is 1750. The number of sulfonamides is 1. The van der Waals surface area contributed by atoms with Gasteiger partial charge < -0.3 is 28.4 Å². The highest BCUT2D eigenvalue weighted by molar-refractivity contribution is 7.89. The number of fused-ring (bicyclic) bond motifs is 1. The van der Waals surface area contributed by atoms with Crippen LogP contribution in [-0.2, 0) is 26.1 Å². The fraction of sp³-hybridized carbons (Fsp3) is 0.447. The van der Waals surface area contributed by atoms with E-state index in [0.29, 0.717) is 37.6 Å². The van der Waals surface area contributed by atoms with Crippen LogP contribution in [0.4, 0.5) is 5.69 Å². The molecular formula is C38H48N4O6S. The van der Waals surface area contributed by atoms with Crippen LogP contribution in [-0.4, -0.2) is 81.5 Å². The lowest BCUT2D eigenvalue weighted by Crippen LogP contribution is -2.52. The summed E-state index contributed by atoms with van der Waals surface area (Å²) in [6, 6.07) is 21.2. The first-order valence-electron chi connectivity index (χ1n) is 17.1. The molecule has 0 spiro atoms. The number of imidazole rings is 1. The number of anilines is 1. The molecule has 49 heavy (non-hydrogen) atoms. The summed E-state index contributed by atoms with van der Waals surface area (Å²) >= 11 is 0. The molecule has 2 aliphatic heterocycles. The molecule has 0 unspecified atom stereocenters. The molecule has 0 radical (unpaired) electrons. The molecule has 3 aromatic carbocycles. The average Bonchev–Trinajstić information content (AvgIpc) is 3.67. The molecule has 3 heterocycles. The maximum Gasteiger partial charge on any atom is 0.243 e. The highest BCUT2D eigenvalue weighted by Crippen LogP contribution is 2.40. The summed E-state index contributed by atoms with van der Waals surface area (Å²) in [6.07, 6.45) is 7.25. The second kappa shape index (κ2) is 15.8. The molecule has 0 saturated carbocycles. The van der Waals surface area contributed by atoms with E-state index < -0.39 is 16.1 Å². The topological polar surface area (TPSA) is 95.4 Å². The summed E-state index contributed by atoms with van der Waals surface area (Å²) in [4.78, 5) is 6.87. The number of piperidine rings is 1. The van der Waals surface area contributed by atoms with Gasteiger partial charge in [0.15, 0.2) is 0 Å². The predicted octanol–water partition coefficient (Wildman–Crippen LogP) is 6.22. The summed E-state index contributed by atoms with van der Waals surface area (Å²) < 4.78 is 56.1. The number of nitrogens with zero attached hydrogens (tertiary/aromatic N) is 4. The molecule has 0 N–H and O–H groups in total. The van der Waals surface area contributed by atoms with Gasteiger partial charge in [0.25, 0.3) is 0 Å². The smallest absolute Gasteiger partial charge is 0.243 e. The lowest BCUT2D eigenvalue weighted by atomic mass is 9.82. The molecule has 0 aliphatic carbocycles. The Morgan fingerprint density at radius 3 is 2.55 bits per heavy atom. The molecule has 10 nitrogen and oxygen atoms in total. The summed E-state index contributed by atoms with van der Waals surface area (Å²) in [5.41, 5.74) is 4.17. The zero-order valence-electron chi connectivity index (χ0n) is 28.9. The zero-order valence-corrected chi connectivity index (χ0v) is 29.7. The summed E-state index contributed by atoms with van der Waals surface area (Å²) in [7, 11) is -0.447. The van der Waals surface area contributed by atoms with Crippen molar-refractivity contribution in [3.05, 3.63) is 102 Å². The number of aromatic nitrogens is 2. The van der Waals surface area contributed by atoms with Crippen LogP contribution in [0.2, 0.25) is 0 Å². The molecule has 4 aromatic rings. The first-order chi connectivity index (χ1) is 23.8. The molecule has 1 fully saturated rings. The monoisotopic (exact) mass is 688 g/mol. The van der Waals surface area contributed by atoms with E-state index in [1.807, 2.05) is 54.1 Å². The Kier molecular flexibility index (Phi) is 11.2. The van der Waals surface area contributed by atoms with Crippen molar-refractivity contribution >= 4 is 15.7 Å². The molecule has 1 aromatic heterocycles. The second-order valence-electron chi connectivity index (χ2n) is 13.1. The molecular weight excluding hydrogens is 641 g/mol. The first-order valence-corrected chi connectivity index (χ1v) is 18.5. The van der Waals surface area contributed by atoms with Crippen molar-refractivity contribution in [2.45, 2.75) is 68.7 Å². The van der Waals surface area contributed by atoms with Crippen LogP contribution in [0.5, 0.6) is 11.5 Å². The number of methoxy groups -OCH3 is 2. The van der Waals surface area contributed by atoms with Crippen molar-refractivity contribution in [2.24, 2.45) is 0 Å². The maximum absolute atomic E-state index is 14.4. The molecule has 11 heteroatoms. The lowest BCUT2D eigenvalue weighted by molar-refractivity contribution is -0.0222. The van der Waals surface area contributed by atoms with Crippen molar-refractivity contribution in [1.29, 1.82) is 0 Å². The zero-order chi connectivity index (χ0) is 34.4. The Hall–Kier alpha value is -3.90. The van der Waals surface area contributed by atoms with Crippen LogP contribution < -0.4 is 14.4 Å². The van der Waals surface area contributed by atoms with Crippen LogP contribution in [0.3, 0.4) is 0 Å². The minimum Gasteiger partial charge on any atom is -0.497 e. The van der Waals surface area contributed by atoms with Gasteiger partial charge in [-0.15, -0.1) is 0 Å². The molecule has 262 valence electrons. The summed E-state index contributed by atoms with van der Waals surface area (Å²) in [5.74, 6) is 1.60. The number of hydrogen-bond acceptors (Lipinski definition) is 8. The van der Waals surface area contributed by atoms with E-state index in [0.717, 1.165) is 53.4 Å². The van der Waals surface area contributed by atoms with Crippen molar-refractivity contribution in [2.75, 3.05) is 52.0 Å². The van der Waals surface area contributed by atoms with Gasteiger partial charge >= 0.3 is 0 Å². The van der Waals surface area contributed by atoms with Crippen LogP contribution in [0.25, 0.3) is 0 Å². The van der Waals surface area contributed by atoms with Gasteiger partial charge in [0.1, 0.15) is 18.1 Å². The largest absolute Gasteiger partial charge is 0.497 e. The molecule has 6 rings (SSSR count). The van der Waals surface area contributed by atoms with Gasteiger partial charge in [-0.25, -0.2) is 13.4 Å². The third-order valence-electron chi connectivity index (χ3n) is 9.78. The number of benzene rings is 3. The second-order valence-corrected chi connectivity index (χ2v) is 15.0. The van der Waals surface area contributed by atoms with E-state index in [9.17, 15) is 8.42 Å². The van der Waals surface area contributed by atoms with Gasteiger partial charge in [0.2, 0.25) is 10.0 Å². The minimum absolute atomic E-state index is 0.0399. The number of hydrogen-bond donors (Lipinski definition) is 0. The van der Waals surface area contributed by atoms with E-state index in [4.69, 9.17) is 18.9 Å². The van der Waals surface area contributed by atoms with Gasteiger partial charge in [-0.1, -0.05) is 35.9 Å². The molecule has 0 amide bonds. The SMILES string of the molecule is COCCCN1CCOc2ccc(CO[C@H]3CN(S(=O)(=O)c4ccc(C)cc4)[C@@H](C[C@@H](C)n4ccnc4)C[C@@H]3c3ccc(OC)cc3)cc21. The summed E-state index contributed by atoms with van der Waals surface area (Å²) in [5, 5.41) is 0. The molecule has 0 bridgehead atoms. The van der Waals surface area contributed by atoms with Crippen LogP contribution in [0, 0.1) is 6.92 Å². The van der Waals surface area contributed by atoms with E-state index >= 15 is 0 Å². The maximum atomic E-state index is 14.4. The first kappa shape index (κ1) is 34.9. The van der Waals surface area contributed by atoms with Gasteiger partial charge in [-0.3, -0.25) is 0 Å². The van der Waals surface area contributed by atoms with Crippen LogP contribution >= 0.6 is 0 Å². The van der Waals surface area contributed by atoms with Gasteiger partial charge in [0.05, 0.1) is 43.3 Å². The van der Waals surface area contributed by atoms with Gasteiger partial charge in [-0.05, 0) is 80.6 Å². The molecule has 1 saturated heterocycles. The van der Waals surface area contributed by atoms with Gasteiger partial charge in [-0.2, -0.15) is 4.31 Å². The summed E-state index contributed by atoms with van der Waals surface area (Å²) in [6.45, 7) is 7.68. The quantitative estimate of drug-likeness (QED) is 0.144. The van der Waals surface area contributed by atoms with Crippen LogP contribution in [0.1, 0.15) is 54.8 Å². The Morgan fingerprint density at radius 2 is 1.84 bits per heavy atom. The fourth-order valence-electron chi connectivity index (χ4n) is 7.03. The van der Waals surface area contributed by atoms with E-state index in [1.165, 1.54) is 0 Å². The van der Waals surface area contributed by atoms with E-state index in [1.54, 1.807) is 43.2 Å². The molecule has 4 atom stereocenters. The highest BCUT2D eigenvalue weighted by Gasteiger charge is 2.43. The minimum atomic E-state index is -3.83. The number of aryl methyl sites for hydroxylation is 1. The fourth-order valence-corrected chi connectivity index (χ4v) is 8.69. The average molecular weight is 689 g/mol. The van der Waals surface area contributed by atoms with Gasteiger partial charge in [0, 0.05) is 57.2 Å². The van der Waals surface area contributed by atoms with Crippen molar-refractivity contribution < 1.29 is 27.4 Å². The Balaban J connectivity index is 1.31. The third-order valence-corrected chi connectivity index (χ3v) is 11.7. The lowest BCUT2D eigenvalue weighted by Gasteiger charge is -2.44. The third kappa shape index (κ3) is 8.12. The Morgan fingerprint density at radius 1 is 1.04 bits per heavy atom. The van der Waals surface area contributed by atoms with E-state index in [2.05, 4.69) is 35.0 Å². The predicted molar refractivity (Wildman–Crippen MR) is 190 cm³/mol. The van der Waals surface area contributed by atoms with Crippen LogP contribution in [0.15, 0.2) is 90.3 Å². The highest BCUT2D eigenvalue weighted by atomic mass is 32.2. The number of ether oxygens (including phenoxy) is 4. The standard InChI is InChI=1S/C38H48N4O6S/c1-28-6-13-34(14-7-28)49(43,44)42-25-38(48-26-30-8-15-37-36(23-30)40(19-21-47-37)17-5-20-45-3)35(31-9-11-33(46-4)12-10-31)24-32(42)22-29(2)41-18-16-39-27-41/h6-16,18,23,27,29,32,35,38H,5,17,19-22,24-26H2,1-4H3/t29-,32+,35-,38+/m1/s1. The normalized spacial score (nSPS) is 20.4. The van der Waals surface area contributed by atoms with Crippen molar-refractivity contribution in [3.8, 4) is 11.5 Å². The van der Waals surface area contributed by atoms with Crippen molar-refractivity contribution in [1.82, 2.24) is 13.9 Å². The van der Waals surface area contributed by atoms with Crippen molar-refractivity contribution in [3.63, 3.8) is 0 Å².